The van der Waals surface area contributed by atoms with Gasteiger partial charge in [0.1, 0.15) is 0 Å². The number of fused-ring (bicyclic) bond motifs is 1. The Bertz CT molecular complexity index is 1170. The first-order chi connectivity index (χ1) is 15.5. The third-order valence-electron chi connectivity index (χ3n) is 6.16. The van der Waals surface area contributed by atoms with Crippen LogP contribution in [0.4, 0.5) is 16.2 Å². The normalized spacial score (nSPS) is 17.9. The molecule has 0 saturated carbocycles. The van der Waals surface area contributed by atoms with Crippen molar-refractivity contribution < 1.29 is 4.79 Å². The first-order valence-corrected chi connectivity index (χ1v) is 11.8. The van der Waals surface area contributed by atoms with E-state index in [-0.39, 0.29) is 6.03 Å². The van der Waals surface area contributed by atoms with Crippen LogP contribution in [0.25, 0.3) is 11.1 Å². The molecule has 5 rings (SSSR count). The number of amides is 2. The van der Waals surface area contributed by atoms with E-state index in [0.29, 0.717) is 33.2 Å². The molecule has 0 spiro atoms. The first-order valence-electron chi connectivity index (χ1n) is 10.7. The van der Waals surface area contributed by atoms with Crippen LogP contribution in [0.5, 0.6) is 0 Å². The van der Waals surface area contributed by atoms with E-state index < -0.39 is 0 Å². The third kappa shape index (κ3) is 3.97. The maximum atomic E-state index is 13.1. The van der Waals surface area contributed by atoms with Crippen LogP contribution < -0.4 is 15.5 Å². The Morgan fingerprint density at radius 3 is 2.41 bits per heavy atom. The summed E-state index contributed by atoms with van der Waals surface area (Å²) in [5, 5.41) is 7.93. The molecule has 2 aliphatic rings. The van der Waals surface area contributed by atoms with Gasteiger partial charge in [-0.15, -0.1) is 0 Å². The van der Waals surface area contributed by atoms with Crippen LogP contribution in [-0.2, 0) is 13.0 Å². The van der Waals surface area contributed by atoms with E-state index in [0.717, 1.165) is 53.9 Å². The summed E-state index contributed by atoms with van der Waals surface area (Å²) in [6.45, 7) is 2.44. The van der Waals surface area contributed by atoms with Crippen molar-refractivity contribution in [3.8, 4) is 11.1 Å². The van der Waals surface area contributed by atoms with Crippen molar-refractivity contribution >= 4 is 52.2 Å². The number of halogens is 3. The lowest BCUT2D eigenvalue weighted by molar-refractivity contribution is 0.247. The molecular formula is C25H22Cl3N3O. The van der Waals surface area contributed by atoms with E-state index in [1.165, 1.54) is 0 Å². The van der Waals surface area contributed by atoms with Crippen LogP contribution >= 0.6 is 34.8 Å². The van der Waals surface area contributed by atoms with Gasteiger partial charge >= 0.3 is 6.03 Å². The Balaban J connectivity index is 1.72. The zero-order chi connectivity index (χ0) is 22.2. The van der Waals surface area contributed by atoms with Gasteiger partial charge in [0, 0.05) is 22.7 Å². The number of hydrogen-bond donors (Lipinski definition) is 2. The second-order valence-corrected chi connectivity index (χ2v) is 9.47. The van der Waals surface area contributed by atoms with Gasteiger partial charge in [0.2, 0.25) is 0 Å². The zero-order valence-electron chi connectivity index (χ0n) is 17.3. The summed E-state index contributed by atoms with van der Waals surface area (Å²) < 4.78 is 0. The summed E-state index contributed by atoms with van der Waals surface area (Å²) in [6, 6.07) is 17.1. The molecule has 1 fully saturated rings. The molecule has 2 amide bonds. The van der Waals surface area contributed by atoms with Gasteiger partial charge in [0.15, 0.2) is 0 Å². The van der Waals surface area contributed by atoms with Crippen molar-refractivity contribution in [2.24, 2.45) is 5.92 Å². The molecule has 4 nitrogen and oxygen atoms in total. The third-order valence-corrected chi connectivity index (χ3v) is 7.10. The lowest BCUT2D eigenvalue weighted by atomic mass is 9.90. The molecule has 1 unspecified atom stereocenters. The fourth-order valence-electron chi connectivity index (χ4n) is 4.64. The number of rotatable bonds is 4. The average Bonchev–Trinajstić information content (AvgIpc) is 3.28. The lowest BCUT2D eigenvalue weighted by Crippen LogP contribution is -2.41. The van der Waals surface area contributed by atoms with Gasteiger partial charge in [-0.25, -0.2) is 4.79 Å². The minimum absolute atomic E-state index is 0.253. The molecule has 1 saturated heterocycles. The maximum Gasteiger partial charge on any atom is 0.326 e. The first kappa shape index (κ1) is 21.6. The van der Waals surface area contributed by atoms with E-state index in [4.69, 9.17) is 34.8 Å². The van der Waals surface area contributed by atoms with Crippen LogP contribution in [-0.4, -0.2) is 19.1 Å². The smallest absolute Gasteiger partial charge is 0.326 e. The largest absolute Gasteiger partial charge is 0.333 e. The number of nitrogens with one attached hydrogen (secondary N) is 2. The standard InChI is InChI=1S/C25H22Cl3N3O/c26-20-5-2-1-4-17(20)18-11-16(10-15-8-9-29-13-15)12-23-19(18)14-30-25(32)31(23)24-21(27)6-3-7-22(24)28/h1-7,11-12,15,29H,8-10,13-14H2,(H,30,32). The summed E-state index contributed by atoms with van der Waals surface area (Å²) in [6.07, 6.45) is 2.06. The monoisotopic (exact) mass is 485 g/mol. The quantitative estimate of drug-likeness (QED) is 0.424. The van der Waals surface area contributed by atoms with E-state index >= 15 is 0 Å². The van der Waals surface area contributed by atoms with Crippen LogP contribution in [0, 0.1) is 5.92 Å². The zero-order valence-corrected chi connectivity index (χ0v) is 19.6. The molecule has 164 valence electrons. The summed E-state index contributed by atoms with van der Waals surface area (Å²) in [7, 11) is 0. The van der Waals surface area contributed by atoms with Gasteiger partial charge in [-0.3, -0.25) is 4.90 Å². The highest BCUT2D eigenvalue weighted by Crippen LogP contribution is 2.45. The number of para-hydroxylation sites is 1. The number of urea groups is 1. The van der Waals surface area contributed by atoms with E-state index in [9.17, 15) is 4.79 Å². The SMILES string of the molecule is O=C1NCc2c(-c3ccccc3Cl)cc(CC3CCNC3)cc2N1c1c(Cl)cccc1Cl. The minimum atomic E-state index is -0.253. The molecule has 7 heteroatoms. The van der Waals surface area contributed by atoms with Crippen molar-refractivity contribution in [2.45, 2.75) is 19.4 Å². The summed E-state index contributed by atoms with van der Waals surface area (Å²) in [4.78, 5) is 14.7. The number of nitrogens with zero attached hydrogens (tertiary/aromatic N) is 1. The number of carbonyl (C=O) groups excluding carboxylic acids is 1. The topological polar surface area (TPSA) is 44.4 Å². The fraction of sp³-hybridized carbons (Fsp3) is 0.240. The highest BCUT2D eigenvalue weighted by Gasteiger charge is 2.31. The van der Waals surface area contributed by atoms with Crippen LogP contribution in [0.3, 0.4) is 0 Å². The second-order valence-electron chi connectivity index (χ2n) is 8.25. The summed E-state index contributed by atoms with van der Waals surface area (Å²) in [5.74, 6) is 0.557. The molecule has 32 heavy (non-hydrogen) atoms. The molecule has 3 aromatic carbocycles. The van der Waals surface area contributed by atoms with Gasteiger partial charge in [-0.2, -0.15) is 0 Å². The molecule has 0 bridgehead atoms. The predicted octanol–water partition coefficient (Wildman–Crippen LogP) is 6.83. The molecule has 0 aromatic heterocycles. The van der Waals surface area contributed by atoms with E-state index in [1.807, 2.05) is 24.3 Å². The molecule has 0 aliphatic carbocycles. The maximum absolute atomic E-state index is 13.1. The van der Waals surface area contributed by atoms with E-state index in [1.54, 1.807) is 23.1 Å². The molecular weight excluding hydrogens is 465 g/mol. The Morgan fingerprint density at radius 1 is 0.938 bits per heavy atom. The highest BCUT2D eigenvalue weighted by molar-refractivity contribution is 6.40. The molecule has 0 radical (unpaired) electrons. The minimum Gasteiger partial charge on any atom is -0.333 e. The molecule has 3 aromatic rings. The van der Waals surface area contributed by atoms with Crippen LogP contribution in [0.2, 0.25) is 15.1 Å². The van der Waals surface area contributed by atoms with Crippen LogP contribution in [0.1, 0.15) is 17.5 Å². The van der Waals surface area contributed by atoms with Gasteiger partial charge in [-0.1, -0.05) is 65.1 Å². The number of hydrogen-bond acceptors (Lipinski definition) is 2. The summed E-state index contributed by atoms with van der Waals surface area (Å²) in [5.41, 5.74) is 5.39. The number of benzene rings is 3. The summed E-state index contributed by atoms with van der Waals surface area (Å²) >= 11 is 19.6. The van der Waals surface area contributed by atoms with Crippen molar-refractivity contribution in [1.29, 1.82) is 0 Å². The number of carbonyl (C=O) groups is 1. The Hall–Kier alpha value is -2.24. The van der Waals surface area contributed by atoms with Gasteiger partial charge in [0.25, 0.3) is 0 Å². The Morgan fingerprint density at radius 2 is 1.69 bits per heavy atom. The van der Waals surface area contributed by atoms with Crippen molar-refractivity contribution in [1.82, 2.24) is 10.6 Å². The second kappa shape index (κ2) is 8.95. The van der Waals surface area contributed by atoms with Crippen molar-refractivity contribution in [2.75, 3.05) is 18.0 Å². The van der Waals surface area contributed by atoms with Crippen LogP contribution in [0.15, 0.2) is 54.6 Å². The van der Waals surface area contributed by atoms with Crippen molar-refractivity contribution in [3.63, 3.8) is 0 Å². The molecule has 2 aliphatic heterocycles. The molecule has 2 N–H and O–H groups in total. The lowest BCUT2D eigenvalue weighted by Gasteiger charge is -2.33. The van der Waals surface area contributed by atoms with Gasteiger partial charge in [-0.05, 0) is 67.2 Å². The predicted molar refractivity (Wildman–Crippen MR) is 132 cm³/mol. The highest BCUT2D eigenvalue weighted by atomic mass is 35.5. The Kier molecular flexibility index (Phi) is 6.04. The molecule has 2 heterocycles. The van der Waals surface area contributed by atoms with E-state index in [2.05, 4.69) is 22.8 Å². The van der Waals surface area contributed by atoms with Gasteiger partial charge in [0.05, 0.1) is 21.4 Å². The molecule has 1 atom stereocenters. The fourth-order valence-corrected chi connectivity index (χ4v) is 5.44. The van der Waals surface area contributed by atoms with Gasteiger partial charge < -0.3 is 10.6 Å². The Labute approximate surface area is 202 Å². The average molecular weight is 487 g/mol. The number of anilines is 2. The van der Waals surface area contributed by atoms with Crippen molar-refractivity contribution in [3.05, 3.63) is 80.8 Å².